The zero-order valence-electron chi connectivity index (χ0n) is 16.6. The molecule has 0 aliphatic heterocycles. The van der Waals surface area contributed by atoms with E-state index in [2.05, 4.69) is 15.2 Å². The van der Waals surface area contributed by atoms with E-state index in [4.69, 9.17) is 5.73 Å². The summed E-state index contributed by atoms with van der Waals surface area (Å²) in [5, 5.41) is 8.10. The molecule has 0 radical (unpaired) electrons. The molecule has 0 spiro atoms. The van der Waals surface area contributed by atoms with Gasteiger partial charge in [0.2, 0.25) is 5.95 Å². The van der Waals surface area contributed by atoms with E-state index < -0.39 is 0 Å². The third-order valence-corrected chi connectivity index (χ3v) is 4.56. The number of benzene rings is 2. The molecule has 2 aromatic carbocycles. The molecule has 7 heteroatoms. The average molecular weight is 409 g/mol. The summed E-state index contributed by atoms with van der Waals surface area (Å²) in [5.74, 6) is -0.0663. The molecule has 7 nitrogen and oxygen atoms in total. The van der Waals surface area contributed by atoms with E-state index in [-0.39, 0.29) is 29.7 Å². The van der Waals surface area contributed by atoms with Crippen LogP contribution in [0.2, 0.25) is 0 Å². The second-order valence-corrected chi connectivity index (χ2v) is 6.82. The minimum atomic E-state index is -0.264. The van der Waals surface area contributed by atoms with Crippen LogP contribution in [0.1, 0.15) is 16.8 Å². The number of anilines is 1. The normalized spacial score (nSPS) is 12.3. The van der Waals surface area contributed by atoms with Crippen LogP contribution >= 0.6 is 0 Å². The summed E-state index contributed by atoms with van der Waals surface area (Å²) in [6.07, 6.45) is 7.81. The van der Waals surface area contributed by atoms with Crippen molar-refractivity contribution in [1.29, 1.82) is 0 Å². The summed E-state index contributed by atoms with van der Waals surface area (Å²) >= 11 is 0. The minimum absolute atomic E-state index is 0.00759. The Morgan fingerprint density at radius 1 is 0.871 bits per heavy atom. The van der Waals surface area contributed by atoms with Crippen LogP contribution < -0.4 is 11.1 Å². The standard InChI is InChI=1S/C24H19N5O2/c25-23-27-28-24-26-21(15-19(30)13-11-17-7-3-1-4-8-17)22(29(23)24)16-20(31)14-12-18-9-5-2-6-10-18/h1-14,16H,15H2,(H2,25,27). The van der Waals surface area contributed by atoms with Gasteiger partial charge in [-0.2, -0.15) is 0 Å². The number of imidazole rings is 1. The van der Waals surface area contributed by atoms with Crippen molar-refractivity contribution in [3.63, 3.8) is 0 Å². The summed E-state index contributed by atoms with van der Waals surface area (Å²) in [4.78, 5) is 29.4. The van der Waals surface area contributed by atoms with Gasteiger partial charge >= 0.3 is 0 Å². The Bertz CT molecular complexity index is 1340. The fourth-order valence-corrected chi connectivity index (χ4v) is 3.08. The smallest absolute Gasteiger partial charge is 0.257 e. The Morgan fingerprint density at radius 2 is 1.48 bits per heavy atom. The van der Waals surface area contributed by atoms with Gasteiger partial charge in [0.1, 0.15) is 0 Å². The number of ketones is 2. The van der Waals surface area contributed by atoms with E-state index in [1.165, 1.54) is 22.6 Å². The van der Waals surface area contributed by atoms with E-state index >= 15 is 0 Å². The first kappa shape index (κ1) is 19.9. The van der Waals surface area contributed by atoms with Crippen molar-refractivity contribution >= 4 is 41.5 Å². The van der Waals surface area contributed by atoms with Gasteiger partial charge in [-0.05, 0) is 23.3 Å². The second-order valence-electron chi connectivity index (χ2n) is 6.82. The van der Waals surface area contributed by atoms with Crippen molar-refractivity contribution in [2.24, 2.45) is 0 Å². The molecule has 0 aliphatic rings. The average Bonchev–Trinajstić information content (AvgIpc) is 3.32. The minimum Gasteiger partial charge on any atom is -0.368 e. The molecule has 4 rings (SSSR count). The number of aromatic nitrogens is 4. The van der Waals surface area contributed by atoms with Gasteiger partial charge in [-0.1, -0.05) is 72.8 Å². The molecule has 0 fully saturated rings. The van der Waals surface area contributed by atoms with E-state index in [0.717, 1.165) is 11.1 Å². The molecule has 0 bridgehead atoms. The van der Waals surface area contributed by atoms with Gasteiger partial charge < -0.3 is 5.73 Å². The SMILES string of the molecule is Nc1nnc2nc(CC(=O)C=Cc3ccccc3)c(=CC(=O)C=Cc3ccccc3)n12. The van der Waals surface area contributed by atoms with Crippen molar-refractivity contribution in [3.05, 3.63) is 95.0 Å². The largest absolute Gasteiger partial charge is 0.368 e. The third-order valence-electron chi connectivity index (χ3n) is 4.56. The van der Waals surface area contributed by atoms with Gasteiger partial charge in [-0.25, -0.2) is 9.38 Å². The van der Waals surface area contributed by atoms with Gasteiger partial charge in [0.05, 0.1) is 17.5 Å². The number of carbonyl (C=O) groups excluding carboxylic acids is 2. The van der Waals surface area contributed by atoms with E-state index in [9.17, 15) is 9.59 Å². The third kappa shape index (κ3) is 4.79. The molecule has 152 valence electrons. The number of carbonyl (C=O) groups is 2. The van der Waals surface area contributed by atoms with Crippen LogP contribution in [0.15, 0.2) is 72.8 Å². The highest BCUT2D eigenvalue weighted by molar-refractivity contribution is 6.15. The lowest BCUT2D eigenvalue weighted by Gasteiger charge is -1.95. The number of nitrogens with zero attached hydrogens (tertiary/aromatic N) is 4. The van der Waals surface area contributed by atoms with Crippen molar-refractivity contribution < 1.29 is 9.59 Å². The van der Waals surface area contributed by atoms with Gasteiger partial charge in [0.25, 0.3) is 5.78 Å². The summed E-state index contributed by atoms with van der Waals surface area (Å²) in [5.41, 5.74) is 8.14. The van der Waals surface area contributed by atoms with Gasteiger partial charge in [-0.3, -0.25) is 9.59 Å². The van der Waals surface area contributed by atoms with Crippen LogP contribution in [-0.2, 0) is 16.0 Å². The maximum atomic E-state index is 12.5. The molecule has 0 saturated heterocycles. The molecule has 0 unspecified atom stereocenters. The lowest BCUT2D eigenvalue weighted by Crippen LogP contribution is -2.19. The van der Waals surface area contributed by atoms with Crippen LogP contribution in [0.3, 0.4) is 0 Å². The summed E-state index contributed by atoms with van der Waals surface area (Å²) in [6, 6.07) is 19.0. The van der Waals surface area contributed by atoms with Gasteiger partial charge in [0, 0.05) is 6.08 Å². The molecule has 2 N–H and O–H groups in total. The quantitative estimate of drug-likeness (QED) is 0.470. The van der Waals surface area contributed by atoms with Crippen LogP contribution in [0, 0.1) is 0 Å². The monoisotopic (exact) mass is 409 g/mol. The Balaban J connectivity index is 1.62. The summed E-state index contributed by atoms with van der Waals surface area (Å²) in [7, 11) is 0. The van der Waals surface area contributed by atoms with E-state index in [1.807, 2.05) is 60.7 Å². The number of hydrogen-bond donors (Lipinski definition) is 1. The summed E-state index contributed by atoms with van der Waals surface area (Å²) in [6.45, 7) is 0. The Hall–Kier alpha value is -4.39. The van der Waals surface area contributed by atoms with E-state index in [1.54, 1.807) is 12.2 Å². The van der Waals surface area contributed by atoms with Crippen LogP contribution in [0.25, 0.3) is 24.0 Å². The lowest BCUT2D eigenvalue weighted by atomic mass is 10.1. The maximum absolute atomic E-state index is 12.5. The highest BCUT2D eigenvalue weighted by atomic mass is 16.1. The molecular formula is C24H19N5O2. The predicted octanol–water partition coefficient (Wildman–Crippen LogP) is 2.31. The molecule has 31 heavy (non-hydrogen) atoms. The molecule has 0 saturated carbocycles. The number of nitrogens with two attached hydrogens (primary N) is 1. The zero-order valence-corrected chi connectivity index (χ0v) is 16.6. The molecule has 4 aromatic rings. The van der Waals surface area contributed by atoms with Crippen LogP contribution in [0.4, 0.5) is 5.95 Å². The molecule has 0 atom stereocenters. The molecule has 2 heterocycles. The Labute approximate surface area is 178 Å². The second kappa shape index (κ2) is 8.96. The first-order valence-electron chi connectivity index (χ1n) is 9.64. The number of rotatable bonds is 7. The van der Waals surface area contributed by atoms with E-state index in [0.29, 0.717) is 11.0 Å². The number of allylic oxidation sites excluding steroid dienone is 2. The van der Waals surface area contributed by atoms with Crippen molar-refractivity contribution in [3.8, 4) is 0 Å². The van der Waals surface area contributed by atoms with Gasteiger partial charge in [0.15, 0.2) is 11.6 Å². The predicted molar refractivity (Wildman–Crippen MR) is 120 cm³/mol. The Kier molecular flexibility index (Phi) is 5.75. The molecule has 2 aromatic heterocycles. The highest BCUT2D eigenvalue weighted by Crippen LogP contribution is 2.06. The fourth-order valence-electron chi connectivity index (χ4n) is 3.08. The molecule has 0 amide bonds. The zero-order chi connectivity index (χ0) is 21.6. The Morgan fingerprint density at radius 3 is 2.13 bits per heavy atom. The van der Waals surface area contributed by atoms with Crippen molar-refractivity contribution in [2.45, 2.75) is 6.42 Å². The number of fused-ring (bicyclic) bond motifs is 1. The first-order valence-corrected chi connectivity index (χ1v) is 9.64. The number of nitrogen functional groups attached to an aromatic ring is 1. The van der Waals surface area contributed by atoms with Crippen molar-refractivity contribution in [2.75, 3.05) is 5.73 Å². The molecule has 0 aliphatic carbocycles. The molecular weight excluding hydrogens is 390 g/mol. The topological polar surface area (TPSA) is 103 Å². The lowest BCUT2D eigenvalue weighted by molar-refractivity contribution is -0.114. The fraction of sp³-hybridized carbons (Fsp3) is 0.0417. The first-order chi connectivity index (χ1) is 15.1. The van der Waals surface area contributed by atoms with Crippen LogP contribution in [-0.4, -0.2) is 31.1 Å². The van der Waals surface area contributed by atoms with Gasteiger partial charge in [-0.15, -0.1) is 10.2 Å². The maximum Gasteiger partial charge on any atom is 0.257 e. The highest BCUT2D eigenvalue weighted by Gasteiger charge is 2.14. The van der Waals surface area contributed by atoms with Crippen molar-refractivity contribution in [1.82, 2.24) is 19.6 Å². The number of hydrogen-bond acceptors (Lipinski definition) is 6. The summed E-state index contributed by atoms with van der Waals surface area (Å²) < 4.78 is 1.47. The van der Waals surface area contributed by atoms with Crippen LogP contribution in [0.5, 0.6) is 0 Å².